The maximum atomic E-state index is 12.7. The minimum absolute atomic E-state index is 0.0991. The Morgan fingerprint density at radius 1 is 1.35 bits per heavy atom. The molecule has 1 aliphatic heterocycles. The van der Waals surface area contributed by atoms with Crippen LogP contribution in [-0.4, -0.2) is 34.1 Å². The first-order chi connectivity index (χ1) is 12.3. The smallest absolute Gasteiger partial charge is 0.349 e. The summed E-state index contributed by atoms with van der Waals surface area (Å²) < 4.78 is 6.98. The van der Waals surface area contributed by atoms with Crippen molar-refractivity contribution in [2.45, 2.75) is 53.2 Å². The van der Waals surface area contributed by atoms with E-state index in [0.29, 0.717) is 39.7 Å². The highest BCUT2D eigenvalue weighted by Crippen LogP contribution is 2.29. The van der Waals surface area contributed by atoms with Gasteiger partial charge in [-0.05, 0) is 31.7 Å². The van der Waals surface area contributed by atoms with Gasteiger partial charge in [-0.3, -0.25) is 14.2 Å². The summed E-state index contributed by atoms with van der Waals surface area (Å²) in [7, 11) is 0. The van der Waals surface area contributed by atoms with Crippen LogP contribution in [0, 0.1) is 12.8 Å². The van der Waals surface area contributed by atoms with E-state index in [1.807, 2.05) is 13.8 Å². The number of nitrogens with one attached hydrogen (secondary N) is 1. The van der Waals surface area contributed by atoms with Crippen molar-refractivity contribution in [3.8, 4) is 0 Å². The summed E-state index contributed by atoms with van der Waals surface area (Å²) in [5, 5.41) is 3.22. The highest BCUT2D eigenvalue weighted by molar-refractivity contribution is 7.20. The third-order valence-electron chi connectivity index (χ3n) is 4.43. The number of carbonyl (C=O) groups is 2. The number of rotatable bonds is 5. The zero-order valence-electron chi connectivity index (χ0n) is 15.4. The normalized spacial score (nSPS) is 14.5. The maximum Gasteiger partial charge on any atom is 0.349 e. The van der Waals surface area contributed by atoms with E-state index in [4.69, 9.17) is 4.74 Å². The Bertz CT molecular complexity index is 929. The third kappa shape index (κ3) is 3.38. The van der Waals surface area contributed by atoms with E-state index < -0.39 is 12.1 Å². The summed E-state index contributed by atoms with van der Waals surface area (Å²) in [6, 6.07) is 0. The lowest BCUT2D eigenvalue weighted by Gasteiger charge is -2.14. The molecular formula is C18H23N3O4S. The molecule has 26 heavy (non-hydrogen) atoms. The molecule has 1 atom stereocenters. The summed E-state index contributed by atoms with van der Waals surface area (Å²) in [5.74, 6) is 0.156. The highest BCUT2D eigenvalue weighted by Gasteiger charge is 2.26. The van der Waals surface area contributed by atoms with Crippen molar-refractivity contribution < 1.29 is 14.3 Å². The summed E-state index contributed by atoms with van der Waals surface area (Å²) in [6.07, 6.45) is 0.788. The fourth-order valence-electron chi connectivity index (χ4n) is 2.99. The van der Waals surface area contributed by atoms with E-state index in [1.165, 1.54) is 6.92 Å². The predicted octanol–water partition coefficient (Wildman–Crippen LogP) is 2.03. The summed E-state index contributed by atoms with van der Waals surface area (Å²) in [6.45, 7) is 8.43. The fraction of sp³-hybridized carbons (Fsp3) is 0.556. The number of thiophene rings is 1. The number of aryl methyl sites for hydroxylation is 2. The van der Waals surface area contributed by atoms with Crippen LogP contribution in [0.3, 0.4) is 0 Å². The lowest BCUT2D eigenvalue weighted by Crippen LogP contribution is -2.37. The molecule has 2 aromatic heterocycles. The molecule has 8 heteroatoms. The van der Waals surface area contributed by atoms with Crippen LogP contribution in [0.4, 0.5) is 0 Å². The lowest BCUT2D eigenvalue weighted by molar-refractivity contribution is -0.129. The molecule has 0 spiro atoms. The molecule has 140 valence electrons. The Morgan fingerprint density at radius 2 is 2.08 bits per heavy atom. The molecule has 1 amide bonds. The standard InChI is InChI=1S/C18H23N3O4S/c1-9(2)8-19-15(22)11(4)25-18(24)14-10(3)13-16(26-14)20-12-6-5-7-21(12)17(13)23/h9,11H,5-8H2,1-4H3,(H,19,22)/t11-/m0/s1. The number of aromatic nitrogens is 2. The van der Waals surface area contributed by atoms with Crippen LogP contribution < -0.4 is 10.9 Å². The van der Waals surface area contributed by atoms with Gasteiger partial charge in [0.15, 0.2) is 6.10 Å². The number of nitrogens with zero attached hydrogens (tertiary/aromatic N) is 2. The van der Waals surface area contributed by atoms with Gasteiger partial charge in [0.1, 0.15) is 15.5 Å². The zero-order chi connectivity index (χ0) is 19.0. The van der Waals surface area contributed by atoms with Crippen LogP contribution >= 0.6 is 11.3 Å². The average molecular weight is 377 g/mol. The maximum absolute atomic E-state index is 12.7. The van der Waals surface area contributed by atoms with Gasteiger partial charge in [-0.1, -0.05) is 13.8 Å². The fourth-order valence-corrected chi connectivity index (χ4v) is 4.06. The van der Waals surface area contributed by atoms with Crippen LogP contribution in [0.25, 0.3) is 10.2 Å². The molecule has 0 radical (unpaired) electrons. The predicted molar refractivity (Wildman–Crippen MR) is 99.7 cm³/mol. The van der Waals surface area contributed by atoms with Gasteiger partial charge >= 0.3 is 5.97 Å². The van der Waals surface area contributed by atoms with E-state index in [1.54, 1.807) is 11.5 Å². The van der Waals surface area contributed by atoms with Crippen molar-refractivity contribution in [2.75, 3.05) is 6.54 Å². The van der Waals surface area contributed by atoms with Crippen LogP contribution in [0.5, 0.6) is 0 Å². The zero-order valence-corrected chi connectivity index (χ0v) is 16.2. The first-order valence-electron chi connectivity index (χ1n) is 8.81. The van der Waals surface area contributed by atoms with Gasteiger partial charge in [-0.25, -0.2) is 9.78 Å². The van der Waals surface area contributed by atoms with E-state index in [2.05, 4.69) is 10.3 Å². The molecule has 1 N–H and O–H groups in total. The van der Waals surface area contributed by atoms with Crippen molar-refractivity contribution in [1.82, 2.24) is 14.9 Å². The van der Waals surface area contributed by atoms with E-state index >= 15 is 0 Å². The van der Waals surface area contributed by atoms with Crippen LogP contribution in [0.15, 0.2) is 4.79 Å². The van der Waals surface area contributed by atoms with Gasteiger partial charge < -0.3 is 10.1 Å². The quantitative estimate of drug-likeness (QED) is 0.805. The minimum atomic E-state index is -0.898. The second-order valence-electron chi connectivity index (χ2n) is 7.01. The first-order valence-corrected chi connectivity index (χ1v) is 9.62. The largest absolute Gasteiger partial charge is 0.448 e. The second-order valence-corrected chi connectivity index (χ2v) is 8.01. The molecular weight excluding hydrogens is 354 g/mol. The summed E-state index contributed by atoms with van der Waals surface area (Å²) >= 11 is 1.15. The molecule has 3 heterocycles. The third-order valence-corrected chi connectivity index (χ3v) is 5.60. The molecule has 0 saturated heterocycles. The Morgan fingerprint density at radius 3 is 2.77 bits per heavy atom. The van der Waals surface area contributed by atoms with E-state index in [0.717, 1.165) is 30.0 Å². The summed E-state index contributed by atoms with van der Waals surface area (Å²) in [5.41, 5.74) is 0.475. The molecule has 1 aliphatic rings. The molecule has 7 nitrogen and oxygen atoms in total. The van der Waals surface area contributed by atoms with Gasteiger partial charge in [-0.2, -0.15) is 0 Å². The van der Waals surface area contributed by atoms with Crippen LogP contribution in [0.1, 0.15) is 48.3 Å². The van der Waals surface area contributed by atoms with Gasteiger partial charge in [0, 0.05) is 19.5 Å². The number of carbonyl (C=O) groups excluding carboxylic acids is 2. The van der Waals surface area contributed by atoms with E-state index in [9.17, 15) is 14.4 Å². The van der Waals surface area contributed by atoms with Gasteiger partial charge in [0.2, 0.25) is 0 Å². The second kappa shape index (κ2) is 7.19. The Labute approximate surface area is 155 Å². The summed E-state index contributed by atoms with van der Waals surface area (Å²) in [4.78, 5) is 42.6. The van der Waals surface area contributed by atoms with Crippen molar-refractivity contribution in [3.05, 3.63) is 26.6 Å². The molecule has 0 saturated carbocycles. The number of esters is 1. The molecule has 0 fully saturated rings. The monoisotopic (exact) mass is 377 g/mol. The van der Waals surface area contributed by atoms with Crippen molar-refractivity contribution in [3.63, 3.8) is 0 Å². The van der Waals surface area contributed by atoms with Gasteiger partial charge in [-0.15, -0.1) is 11.3 Å². The molecule has 0 unspecified atom stereocenters. The highest BCUT2D eigenvalue weighted by atomic mass is 32.1. The van der Waals surface area contributed by atoms with Crippen molar-refractivity contribution in [2.24, 2.45) is 5.92 Å². The number of hydrogen-bond donors (Lipinski definition) is 1. The molecule has 3 rings (SSSR count). The minimum Gasteiger partial charge on any atom is -0.448 e. The van der Waals surface area contributed by atoms with Crippen LogP contribution in [-0.2, 0) is 22.5 Å². The first kappa shape index (κ1) is 18.6. The molecule has 0 aliphatic carbocycles. The Kier molecular flexibility index (Phi) is 5.13. The van der Waals surface area contributed by atoms with E-state index in [-0.39, 0.29) is 11.5 Å². The average Bonchev–Trinajstić information content (AvgIpc) is 3.17. The van der Waals surface area contributed by atoms with Crippen LogP contribution in [0.2, 0.25) is 0 Å². The molecule has 0 aromatic carbocycles. The van der Waals surface area contributed by atoms with Gasteiger partial charge in [0.05, 0.1) is 5.39 Å². The lowest BCUT2D eigenvalue weighted by atomic mass is 10.2. The number of amides is 1. The van der Waals surface area contributed by atoms with Gasteiger partial charge in [0.25, 0.3) is 11.5 Å². The topological polar surface area (TPSA) is 90.3 Å². The molecule has 0 bridgehead atoms. The molecule has 2 aromatic rings. The Hall–Kier alpha value is -2.22. The Balaban J connectivity index is 1.83. The van der Waals surface area contributed by atoms with Crippen molar-refractivity contribution >= 4 is 33.4 Å². The number of fused-ring (bicyclic) bond motifs is 2. The van der Waals surface area contributed by atoms with Crippen molar-refractivity contribution in [1.29, 1.82) is 0 Å². The number of ether oxygens (including phenoxy) is 1. The SMILES string of the molecule is Cc1c(C(=O)O[C@@H](C)C(=O)NCC(C)C)sc2nc3n(c(=O)c12)CCC3. The number of hydrogen-bond acceptors (Lipinski definition) is 6.